The summed E-state index contributed by atoms with van der Waals surface area (Å²) in [6.07, 6.45) is -0.0636. The molecule has 0 spiro atoms. The van der Waals surface area contributed by atoms with Crippen LogP contribution in [-0.2, 0) is 27.4 Å². The summed E-state index contributed by atoms with van der Waals surface area (Å²) in [6, 6.07) is 13.0. The Balaban J connectivity index is 1.40. The third kappa shape index (κ3) is 6.89. The fraction of sp³-hybridized carbons (Fsp3) is 0.190. The minimum Gasteiger partial charge on any atom is -0.486 e. The summed E-state index contributed by atoms with van der Waals surface area (Å²) in [5.74, 6) is -0.399. The fourth-order valence-electron chi connectivity index (χ4n) is 2.48. The van der Waals surface area contributed by atoms with Crippen LogP contribution in [0.1, 0.15) is 16.3 Å². The van der Waals surface area contributed by atoms with Crippen molar-refractivity contribution in [3.05, 3.63) is 80.3 Å². The topological polar surface area (TPSA) is 121 Å². The van der Waals surface area contributed by atoms with Gasteiger partial charge in [0.25, 0.3) is 11.6 Å². The molecule has 0 bridgehead atoms. The van der Waals surface area contributed by atoms with Gasteiger partial charge in [0.2, 0.25) is 0 Å². The molecule has 0 aliphatic heterocycles. The molecule has 3 aromatic rings. The second-order valence-electron chi connectivity index (χ2n) is 6.52. The highest BCUT2D eigenvalue weighted by Crippen LogP contribution is 2.17. The molecule has 10 heteroatoms. The van der Waals surface area contributed by atoms with Crippen LogP contribution in [0, 0.1) is 17.0 Å². The quantitative estimate of drug-likeness (QED) is 0.305. The molecular formula is C21H19N3O6S. The number of nitrogens with one attached hydrogen (secondary N) is 1. The van der Waals surface area contributed by atoms with E-state index in [0.717, 1.165) is 16.3 Å². The van der Waals surface area contributed by atoms with Gasteiger partial charge in [-0.1, -0.05) is 17.7 Å². The van der Waals surface area contributed by atoms with Crippen molar-refractivity contribution in [3.63, 3.8) is 0 Å². The Labute approximate surface area is 181 Å². The van der Waals surface area contributed by atoms with Crippen molar-refractivity contribution in [3.8, 4) is 5.75 Å². The van der Waals surface area contributed by atoms with Crippen LogP contribution in [-0.4, -0.2) is 28.4 Å². The molecule has 0 aliphatic rings. The van der Waals surface area contributed by atoms with Crippen LogP contribution < -0.4 is 10.1 Å². The number of carbonyl (C=O) groups excluding carboxylic acids is 2. The highest BCUT2D eigenvalue weighted by molar-refractivity contribution is 7.09. The van der Waals surface area contributed by atoms with Crippen molar-refractivity contribution < 1.29 is 24.0 Å². The lowest BCUT2D eigenvalue weighted by molar-refractivity contribution is -0.384. The maximum Gasteiger partial charge on any atom is 0.312 e. The summed E-state index contributed by atoms with van der Waals surface area (Å²) >= 11 is 1.37. The van der Waals surface area contributed by atoms with Gasteiger partial charge in [-0.3, -0.25) is 19.7 Å². The van der Waals surface area contributed by atoms with Crippen LogP contribution >= 0.6 is 11.3 Å². The van der Waals surface area contributed by atoms with Crippen LogP contribution in [0.3, 0.4) is 0 Å². The zero-order valence-electron chi connectivity index (χ0n) is 16.6. The Morgan fingerprint density at radius 3 is 2.52 bits per heavy atom. The number of nitrogens with zero attached hydrogens (tertiary/aromatic N) is 2. The molecule has 160 valence electrons. The molecule has 0 radical (unpaired) electrons. The number of nitro benzene ring substituents is 1. The Morgan fingerprint density at radius 2 is 1.84 bits per heavy atom. The molecule has 0 unspecified atom stereocenters. The third-order valence-electron chi connectivity index (χ3n) is 4.03. The molecule has 2 aromatic carbocycles. The Hall–Kier alpha value is -3.79. The van der Waals surface area contributed by atoms with Gasteiger partial charge in [-0.25, -0.2) is 4.98 Å². The van der Waals surface area contributed by atoms with Gasteiger partial charge in [0.1, 0.15) is 17.4 Å². The van der Waals surface area contributed by atoms with Gasteiger partial charge in [-0.15, -0.1) is 11.3 Å². The number of rotatable bonds is 9. The lowest BCUT2D eigenvalue weighted by Crippen LogP contribution is -2.21. The molecule has 0 aliphatic carbocycles. The van der Waals surface area contributed by atoms with Crippen molar-refractivity contribution in [1.82, 2.24) is 4.98 Å². The molecule has 1 amide bonds. The molecule has 9 nitrogen and oxygen atoms in total. The van der Waals surface area contributed by atoms with Gasteiger partial charge < -0.3 is 14.8 Å². The van der Waals surface area contributed by atoms with Crippen LogP contribution in [0.15, 0.2) is 53.9 Å². The lowest BCUT2D eigenvalue weighted by Gasteiger charge is -2.06. The van der Waals surface area contributed by atoms with Crippen molar-refractivity contribution in [2.24, 2.45) is 0 Å². The average Bonchev–Trinajstić information content (AvgIpc) is 3.19. The van der Waals surface area contributed by atoms with Gasteiger partial charge in [-0.2, -0.15) is 0 Å². The first-order valence-electron chi connectivity index (χ1n) is 9.22. The van der Waals surface area contributed by atoms with Crippen molar-refractivity contribution in [2.75, 3.05) is 11.9 Å². The summed E-state index contributed by atoms with van der Waals surface area (Å²) in [6.45, 7) is 1.82. The van der Waals surface area contributed by atoms with Crippen LogP contribution in [0.4, 0.5) is 11.4 Å². The lowest BCUT2D eigenvalue weighted by atomic mass is 10.2. The SMILES string of the molecule is Cc1ccc(OCc2nc(CC(=O)OCC(=O)Nc3ccc([N+](=O)[O-])cc3)cs2)cc1. The number of carbonyl (C=O) groups is 2. The number of amides is 1. The molecule has 0 saturated carbocycles. The van der Waals surface area contributed by atoms with Gasteiger partial charge in [0, 0.05) is 23.2 Å². The van der Waals surface area contributed by atoms with E-state index in [4.69, 9.17) is 9.47 Å². The van der Waals surface area contributed by atoms with Crippen LogP contribution in [0.2, 0.25) is 0 Å². The number of hydrogen-bond donors (Lipinski definition) is 1. The monoisotopic (exact) mass is 441 g/mol. The van der Waals surface area contributed by atoms with Gasteiger partial charge in [0.05, 0.1) is 17.0 Å². The van der Waals surface area contributed by atoms with E-state index in [9.17, 15) is 19.7 Å². The maximum absolute atomic E-state index is 12.0. The Bertz CT molecular complexity index is 1060. The minimum atomic E-state index is -0.588. The second kappa shape index (κ2) is 10.3. The normalized spacial score (nSPS) is 10.4. The van der Waals surface area contributed by atoms with E-state index in [1.54, 1.807) is 5.38 Å². The standard InChI is InChI=1S/C21H19N3O6S/c1-14-2-8-18(9-3-14)29-12-20-23-16(13-31-20)10-21(26)30-11-19(25)22-15-4-6-17(7-5-15)24(27)28/h2-9,13H,10-12H2,1H3,(H,22,25). The molecule has 0 atom stereocenters. The van der Waals surface area contributed by atoms with Gasteiger partial charge in [0.15, 0.2) is 6.61 Å². The molecule has 31 heavy (non-hydrogen) atoms. The van der Waals surface area contributed by atoms with Crippen molar-refractivity contribution >= 4 is 34.6 Å². The van der Waals surface area contributed by atoms with E-state index < -0.39 is 23.4 Å². The Morgan fingerprint density at radius 1 is 1.13 bits per heavy atom. The van der Waals surface area contributed by atoms with E-state index in [2.05, 4.69) is 10.3 Å². The summed E-state index contributed by atoms with van der Waals surface area (Å²) < 4.78 is 10.6. The second-order valence-corrected chi connectivity index (χ2v) is 7.47. The Kier molecular flexibility index (Phi) is 7.28. The number of hydrogen-bond acceptors (Lipinski definition) is 8. The number of anilines is 1. The maximum atomic E-state index is 12.0. The third-order valence-corrected chi connectivity index (χ3v) is 4.91. The molecule has 3 rings (SSSR count). The van der Waals surface area contributed by atoms with Gasteiger partial charge in [-0.05, 0) is 31.2 Å². The zero-order chi connectivity index (χ0) is 22.2. The first-order valence-corrected chi connectivity index (χ1v) is 10.1. The summed E-state index contributed by atoms with van der Waals surface area (Å²) in [5, 5.41) is 15.6. The average molecular weight is 441 g/mol. The predicted octanol–water partition coefficient (Wildman–Crippen LogP) is 3.66. The number of non-ortho nitro benzene ring substituents is 1. The largest absolute Gasteiger partial charge is 0.486 e. The number of benzene rings is 2. The summed E-state index contributed by atoms with van der Waals surface area (Å²) in [7, 11) is 0. The molecule has 1 N–H and O–H groups in total. The smallest absolute Gasteiger partial charge is 0.312 e. The summed E-state index contributed by atoms with van der Waals surface area (Å²) in [4.78, 5) is 38.3. The predicted molar refractivity (Wildman–Crippen MR) is 114 cm³/mol. The summed E-state index contributed by atoms with van der Waals surface area (Å²) in [5.41, 5.74) is 1.96. The highest BCUT2D eigenvalue weighted by Gasteiger charge is 2.12. The first kappa shape index (κ1) is 21.9. The number of aromatic nitrogens is 1. The first-order chi connectivity index (χ1) is 14.9. The molecular weight excluding hydrogens is 422 g/mol. The van der Waals surface area contributed by atoms with Crippen molar-refractivity contribution in [1.29, 1.82) is 0 Å². The van der Waals surface area contributed by atoms with Crippen LogP contribution in [0.5, 0.6) is 5.75 Å². The van der Waals surface area contributed by atoms with E-state index in [1.165, 1.54) is 35.6 Å². The highest BCUT2D eigenvalue weighted by atomic mass is 32.1. The molecule has 1 aromatic heterocycles. The molecule has 1 heterocycles. The number of aryl methyl sites for hydroxylation is 1. The van der Waals surface area contributed by atoms with Gasteiger partial charge >= 0.3 is 5.97 Å². The van der Waals surface area contributed by atoms with E-state index >= 15 is 0 Å². The van der Waals surface area contributed by atoms with E-state index in [0.29, 0.717) is 18.0 Å². The number of nitro groups is 1. The minimum absolute atomic E-state index is 0.0636. The number of thiazole rings is 1. The number of ether oxygens (including phenoxy) is 2. The zero-order valence-corrected chi connectivity index (χ0v) is 17.4. The van der Waals surface area contributed by atoms with Crippen molar-refractivity contribution in [2.45, 2.75) is 20.0 Å². The fourth-order valence-corrected chi connectivity index (χ4v) is 3.19. The number of esters is 1. The van der Waals surface area contributed by atoms with E-state index in [-0.39, 0.29) is 12.1 Å². The van der Waals surface area contributed by atoms with Crippen LogP contribution in [0.25, 0.3) is 0 Å². The molecule has 0 fully saturated rings. The molecule has 0 saturated heterocycles. The van der Waals surface area contributed by atoms with E-state index in [1.807, 2.05) is 31.2 Å².